The van der Waals surface area contributed by atoms with E-state index >= 15 is 0 Å². The molecule has 8 rings (SSSR count). The Morgan fingerprint density at radius 1 is 0.347 bits per heavy atom. The fraction of sp³-hybridized carbons (Fsp3) is 0.880. The highest BCUT2D eigenvalue weighted by atomic mass is 16.8. The van der Waals surface area contributed by atoms with Gasteiger partial charge in [-0.25, -0.2) is 0 Å². The summed E-state index contributed by atoms with van der Waals surface area (Å²) in [5, 5.41) is 0. The highest BCUT2D eigenvalue weighted by Crippen LogP contribution is 2.42. The van der Waals surface area contributed by atoms with Crippen LogP contribution < -0.4 is 0 Å². The second-order valence-electron chi connectivity index (χ2n) is 19.0. The summed E-state index contributed by atoms with van der Waals surface area (Å²) >= 11 is 0. The van der Waals surface area contributed by atoms with E-state index in [0.29, 0.717) is 0 Å². The van der Waals surface area contributed by atoms with Gasteiger partial charge in [-0.1, -0.05) is 30.3 Å². The average molecular weight is 1080 g/mol. The number of methoxy groups -OCH3 is 13. The third kappa shape index (κ3) is 12.4. The van der Waals surface area contributed by atoms with Crippen LogP contribution in [-0.4, -0.2) is 279 Å². The van der Waals surface area contributed by atoms with Crippen LogP contribution >= 0.6 is 0 Å². The lowest BCUT2D eigenvalue weighted by Crippen LogP contribution is -2.69. The minimum absolute atomic E-state index is 0.0250. The molecule has 0 spiro atoms. The Balaban J connectivity index is 0.991. The van der Waals surface area contributed by atoms with Crippen molar-refractivity contribution in [2.24, 2.45) is 0 Å². The minimum Gasteiger partial charge on any atom is -0.382 e. The van der Waals surface area contributed by atoms with Crippen LogP contribution in [0, 0.1) is 0 Å². The number of fused-ring (bicyclic) bond motifs is 3. The Morgan fingerprint density at radius 3 is 1.13 bits per heavy atom. The third-order valence-corrected chi connectivity index (χ3v) is 15.0. The lowest BCUT2D eigenvalue weighted by molar-refractivity contribution is -0.403. The van der Waals surface area contributed by atoms with E-state index in [1.807, 2.05) is 30.3 Å². The second-order valence-corrected chi connectivity index (χ2v) is 19.0. The molecule has 1 aromatic rings. The smallest absolute Gasteiger partial charge is 0.187 e. The highest BCUT2D eigenvalue weighted by Gasteiger charge is 2.60. The molecule has 11 unspecified atom stereocenters. The molecule has 26 atom stereocenters. The molecular formula is C50H80O25. The van der Waals surface area contributed by atoms with Crippen molar-refractivity contribution < 1.29 is 118 Å². The Morgan fingerprint density at radius 2 is 0.720 bits per heavy atom. The van der Waals surface area contributed by atoms with E-state index in [4.69, 9.17) is 118 Å². The topological polar surface area (TPSA) is 231 Å². The molecule has 2 bridgehead atoms. The molecule has 7 saturated heterocycles. The molecule has 0 saturated carbocycles. The van der Waals surface area contributed by atoms with Gasteiger partial charge in [0, 0.05) is 98.0 Å². The van der Waals surface area contributed by atoms with Crippen LogP contribution in [0.15, 0.2) is 30.3 Å². The van der Waals surface area contributed by atoms with E-state index in [1.165, 1.54) is 28.4 Å². The molecule has 0 radical (unpaired) electrons. The monoisotopic (exact) mass is 1080 g/mol. The summed E-state index contributed by atoms with van der Waals surface area (Å²) in [6.07, 6.45) is -20.5. The molecule has 0 aromatic heterocycles. The van der Waals surface area contributed by atoms with Crippen molar-refractivity contribution in [1.29, 1.82) is 0 Å². The quantitative estimate of drug-likeness (QED) is 0.129. The van der Waals surface area contributed by atoms with Gasteiger partial charge in [0.25, 0.3) is 0 Å². The van der Waals surface area contributed by atoms with Gasteiger partial charge in [0.05, 0.1) is 33.0 Å². The molecule has 7 aliphatic heterocycles. The zero-order valence-electron chi connectivity index (χ0n) is 45.1. The molecule has 25 nitrogen and oxygen atoms in total. The van der Waals surface area contributed by atoms with E-state index in [9.17, 15) is 0 Å². The summed E-state index contributed by atoms with van der Waals surface area (Å²) in [6.45, 7) is 0.607. The van der Waals surface area contributed by atoms with Gasteiger partial charge in [-0.15, -0.1) is 0 Å². The standard InChI is InChI=1S/C50H80O25/c1-51-19-25-30(36(55-5)41(60-10)47(67-25)73-31-26(20-52-2)69-49(43(62-12)37(31)56-6)75-34-28-23-65-46(66-28)40(59-9)35(34)54-4)72-48-42(61-11)38(57-7)32(27(68-48)21-53-3)74-50-44(63-13)39(58-8)33-29(70-50)22-64-45(71-33)24-17-15-14-16-18-24/h14-18,25-50H,19-23H2,1-13H3/t25?,26?,27-,28-,29-,30+,31+,32+,33+,34+,35?,36?,37?,38?,39?,40?,41-,42?,43-,44?,45?,46+,47-,48-,49-,50+/m0/s1. The maximum atomic E-state index is 6.94. The molecule has 75 heavy (non-hydrogen) atoms. The van der Waals surface area contributed by atoms with Gasteiger partial charge in [0.2, 0.25) is 0 Å². The van der Waals surface area contributed by atoms with Crippen LogP contribution in [0.5, 0.6) is 0 Å². The molecule has 0 N–H and O–H groups in total. The van der Waals surface area contributed by atoms with Crippen molar-refractivity contribution in [3.05, 3.63) is 35.9 Å². The van der Waals surface area contributed by atoms with E-state index in [0.717, 1.165) is 5.56 Å². The van der Waals surface area contributed by atoms with Crippen molar-refractivity contribution >= 4 is 0 Å². The maximum Gasteiger partial charge on any atom is 0.187 e. The summed E-state index contributed by atoms with van der Waals surface area (Å²) in [7, 11) is 20.1. The zero-order valence-corrected chi connectivity index (χ0v) is 45.1. The van der Waals surface area contributed by atoms with Crippen LogP contribution in [0.4, 0.5) is 0 Å². The molecule has 1 aromatic carbocycles. The molecular weight excluding hydrogens is 1000 g/mol. The van der Waals surface area contributed by atoms with Gasteiger partial charge < -0.3 is 118 Å². The van der Waals surface area contributed by atoms with Crippen molar-refractivity contribution in [3.8, 4) is 0 Å². The van der Waals surface area contributed by atoms with Gasteiger partial charge in [-0.2, -0.15) is 0 Å². The fourth-order valence-electron chi connectivity index (χ4n) is 11.5. The Kier molecular flexibility index (Phi) is 22.2. The van der Waals surface area contributed by atoms with Gasteiger partial charge >= 0.3 is 0 Å². The first-order valence-corrected chi connectivity index (χ1v) is 25.2. The maximum absolute atomic E-state index is 6.94. The predicted molar refractivity (Wildman–Crippen MR) is 252 cm³/mol. The van der Waals surface area contributed by atoms with E-state index < -0.39 is 160 Å². The normalized spacial score (nSPS) is 45.1. The summed E-state index contributed by atoms with van der Waals surface area (Å²) < 4.78 is 157. The molecule has 0 aliphatic carbocycles. The van der Waals surface area contributed by atoms with E-state index in [1.54, 1.807) is 64.0 Å². The highest BCUT2D eigenvalue weighted by molar-refractivity contribution is 5.17. The van der Waals surface area contributed by atoms with E-state index in [2.05, 4.69) is 0 Å². The zero-order chi connectivity index (χ0) is 53.3. The van der Waals surface area contributed by atoms with Crippen LogP contribution in [0.1, 0.15) is 11.9 Å². The van der Waals surface area contributed by atoms with Gasteiger partial charge in [-0.3, -0.25) is 0 Å². The Hall–Kier alpha value is -1.78. The lowest BCUT2D eigenvalue weighted by atomic mass is 9.94. The van der Waals surface area contributed by atoms with Gasteiger partial charge in [0.1, 0.15) is 122 Å². The summed E-state index contributed by atoms with van der Waals surface area (Å²) in [4.78, 5) is 0. The van der Waals surface area contributed by atoms with Crippen molar-refractivity contribution in [2.45, 2.75) is 160 Å². The summed E-state index contributed by atoms with van der Waals surface area (Å²) in [5.74, 6) is 0. The first-order chi connectivity index (χ1) is 36.6. The predicted octanol–water partition coefficient (Wildman–Crippen LogP) is 0.385. The first kappa shape index (κ1) is 59.3. The largest absolute Gasteiger partial charge is 0.382 e. The summed E-state index contributed by atoms with van der Waals surface area (Å²) in [6, 6.07) is 9.66. The Bertz CT molecular complexity index is 1810. The molecule has 7 heterocycles. The van der Waals surface area contributed by atoms with E-state index in [-0.39, 0.29) is 33.0 Å². The van der Waals surface area contributed by atoms with Crippen molar-refractivity contribution in [1.82, 2.24) is 0 Å². The molecule has 430 valence electrons. The molecule has 7 aliphatic rings. The van der Waals surface area contributed by atoms with Gasteiger partial charge in [-0.05, 0) is 0 Å². The summed E-state index contributed by atoms with van der Waals surface area (Å²) in [5.41, 5.74) is 0.866. The Labute approximate surface area is 438 Å². The number of rotatable bonds is 25. The number of hydrogen-bond donors (Lipinski definition) is 0. The molecule has 0 amide bonds. The first-order valence-electron chi connectivity index (χ1n) is 25.2. The second kappa shape index (κ2) is 28.1. The minimum atomic E-state index is -1.12. The lowest BCUT2D eigenvalue weighted by Gasteiger charge is -2.52. The third-order valence-electron chi connectivity index (χ3n) is 15.0. The average Bonchev–Trinajstić information content (AvgIpc) is 3.87. The van der Waals surface area contributed by atoms with Crippen molar-refractivity contribution in [2.75, 3.05) is 125 Å². The van der Waals surface area contributed by atoms with Crippen LogP contribution in [0.3, 0.4) is 0 Å². The van der Waals surface area contributed by atoms with Crippen LogP contribution in [0.25, 0.3) is 0 Å². The number of hydrogen-bond acceptors (Lipinski definition) is 25. The molecule has 7 fully saturated rings. The molecule has 25 heteroatoms. The van der Waals surface area contributed by atoms with Gasteiger partial charge in [0.15, 0.2) is 37.7 Å². The fourth-order valence-corrected chi connectivity index (χ4v) is 11.5. The van der Waals surface area contributed by atoms with Crippen LogP contribution in [-0.2, 0) is 118 Å². The van der Waals surface area contributed by atoms with Crippen LogP contribution in [0.2, 0.25) is 0 Å². The van der Waals surface area contributed by atoms with Crippen molar-refractivity contribution in [3.63, 3.8) is 0 Å². The number of ether oxygens (including phenoxy) is 25. The SMILES string of the molecule is COCC1O[C@@H](O[C@@H]2C(COC)O[C@@H](O[C@H]3C(OC)C(OC)[C@@H]4OC[C@@H]3O4)[C@@H](OC)C2OC)[C@@H](OC)C(OC)[C@@H]1O[C@@H]1O[C@@H](COC)[C@@H](O[C@H]2O[C@H]3COC(c4ccccc4)O[C@H]3C(OC)C2OC)C(OC)C1OC. The number of benzene rings is 1.